The number of carbonyl (C=O) groups excluding carboxylic acids is 1. The van der Waals surface area contributed by atoms with Crippen LogP contribution in [0.25, 0.3) is 0 Å². The zero-order chi connectivity index (χ0) is 16.1. The second-order valence-corrected chi connectivity index (χ2v) is 7.20. The highest BCUT2D eigenvalue weighted by molar-refractivity contribution is 8.00. The van der Waals surface area contributed by atoms with E-state index in [4.69, 9.17) is 23.2 Å². The topological polar surface area (TPSA) is 46.9 Å². The first-order chi connectivity index (χ1) is 10.5. The van der Waals surface area contributed by atoms with Crippen molar-refractivity contribution in [1.82, 2.24) is 15.1 Å². The second-order valence-electron chi connectivity index (χ2n) is 4.97. The van der Waals surface area contributed by atoms with Crippen LogP contribution in [0.4, 0.5) is 0 Å². The van der Waals surface area contributed by atoms with Gasteiger partial charge in [0.05, 0.1) is 16.8 Å². The zero-order valence-corrected chi connectivity index (χ0v) is 14.6. The Morgan fingerprint density at radius 3 is 2.86 bits per heavy atom. The summed E-state index contributed by atoms with van der Waals surface area (Å²) in [5, 5.41) is 8.03. The van der Waals surface area contributed by atoms with Crippen LogP contribution in [0, 0.1) is 0 Å². The van der Waals surface area contributed by atoms with E-state index in [1.165, 1.54) is 11.8 Å². The molecule has 0 aliphatic rings. The standard InChI is InChI=1S/C15H17Cl2N3OS/c1-10(9-20-7-3-6-18-20)19-15(21)11(2)22-14-8-12(16)4-5-13(14)17/h3-8,10-11H,9H2,1-2H3,(H,19,21). The van der Waals surface area contributed by atoms with Crippen molar-refractivity contribution >= 4 is 40.9 Å². The van der Waals surface area contributed by atoms with Gasteiger partial charge in [-0.05, 0) is 38.1 Å². The van der Waals surface area contributed by atoms with Gasteiger partial charge in [-0.2, -0.15) is 5.10 Å². The third-order valence-electron chi connectivity index (χ3n) is 2.97. The molecule has 2 rings (SSSR count). The van der Waals surface area contributed by atoms with Crippen LogP contribution in [0.1, 0.15) is 13.8 Å². The lowest BCUT2D eigenvalue weighted by molar-refractivity contribution is -0.121. The largest absolute Gasteiger partial charge is 0.351 e. The SMILES string of the molecule is CC(Cn1cccn1)NC(=O)C(C)Sc1cc(Cl)ccc1Cl. The van der Waals surface area contributed by atoms with Gasteiger partial charge in [-0.25, -0.2) is 0 Å². The molecule has 0 aliphatic carbocycles. The van der Waals surface area contributed by atoms with Crippen LogP contribution in [0.3, 0.4) is 0 Å². The molecule has 2 aromatic rings. The van der Waals surface area contributed by atoms with Crippen molar-refractivity contribution in [2.45, 2.75) is 36.6 Å². The maximum absolute atomic E-state index is 12.2. The van der Waals surface area contributed by atoms with Crippen molar-refractivity contribution in [3.63, 3.8) is 0 Å². The number of amides is 1. The summed E-state index contributed by atoms with van der Waals surface area (Å²) < 4.78 is 1.79. The van der Waals surface area contributed by atoms with Crippen molar-refractivity contribution in [3.8, 4) is 0 Å². The highest BCUT2D eigenvalue weighted by Crippen LogP contribution is 2.32. The summed E-state index contributed by atoms with van der Waals surface area (Å²) >= 11 is 13.5. The fourth-order valence-electron chi connectivity index (χ4n) is 1.91. The summed E-state index contributed by atoms with van der Waals surface area (Å²) in [6, 6.07) is 7.08. The van der Waals surface area contributed by atoms with Gasteiger partial charge in [0.2, 0.25) is 5.91 Å². The molecule has 7 heteroatoms. The van der Waals surface area contributed by atoms with E-state index in [0.717, 1.165) is 4.90 Å². The maximum atomic E-state index is 12.2. The molecule has 0 saturated carbocycles. The molecule has 0 saturated heterocycles. The molecule has 1 N–H and O–H groups in total. The van der Waals surface area contributed by atoms with Crippen LogP contribution >= 0.6 is 35.0 Å². The Hall–Kier alpha value is -1.17. The van der Waals surface area contributed by atoms with E-state index in [9.17, 15) is 4.79 Å². The number of hydrogen-bond acceptors (Lipinski definition) is 3. The molecule has 1 aromatic carbocycles. The summed E-state index contributed by atoms with van der Waals surface area (Å²) in [5.74, 6) is -0.0410. The Balaban J connectivity index is 1.90. The molecule has 1 amide bonds. The molecule has 0 spiro atoms. The van der Waals surface area contributed by atoms with Crippen LogP contribution in [0.2, 0.25) is 10.0 Å². The number of benzene rings is 1. The highest BCUT2D eigenvalue weighted by atomic mass is 35.5. The number of thioether (sulfide) groups is 1. The third-order valence-corrected chi connectivity index (χ3v) is 4.81. The Bertz CT molecular complexity index is 634. The molecular weight excluding hydrogens is 341 g/mol. The van der Waals surface area contributed by atoms with Crippen molar-refractivity contribution in [2.75, 3.05) is 0 Å². The van der Waals surface area contributed by atoms with Crippen molar-refractivity contribution in [3.05, 3.63) is 46.7 Å². The van der Waals surface area contributed by atoms with Gasteiger partial charge in [-0.15, -0.1) is 11.8 Å². The second kappa shape index (κ2) is 7.90. The van der Waals surface area contributed by atoms with Gasteiger partial charge in [0.1, 0.15) is 0 Å². The molecule has 22 heavy (non-hydrogen) atoms. The van der Waals surface area contributed by atoms with E-state index < -0.39 is 0 Å². The Morgan fingerprint density at radius 1 is 1.41 bits per heavy atom. The fourth-order valence-corrected chi connectivity index (χ4v) is 3.33. The number of hydrogen-bond donors (Lipinski definition) is 1. The average molecular weight is 358 g/mol. The van der Waals surface area contributed by atoms with Gasteiger partial charge >= 0.3 is 0 Å². The third kappa shape index (κ3) is 4.93. The van der Waals surface area contributed by atoms with Crippen LogP contribution < -0.4 is 5.32 Å². The molecule has 0 bridgehead atoms. The fraction of sp³-hybridized carbons (Fsp3) is 0.333. The van der Waals surface area contributed by atoms with Crippen LogP contribution in [-0.2, 0) is 11.3 Å². The predicted octanol–water partition coefficient (Wildman–Crippen LogP) is 3.88. The van der Waals surface area contributed by atoms with Gasteiger partial charge in [0.25, 0.3) is 0 Å². The van der Waals surface area contributed by atoms with E-state index in [-0.39, 0.29) is 17.2 Å². The summed E-state index contributed by atoms with van der Waals surface area (Å²) in [6.07, 6.45) is 3.58. The lowest BCUT2D eigenvalue weighted by Crippen LogP contribution is -2.39. The van der Waals surface area contributed by atoms with E-state index in [2.05, 4.69) is 10.4 Å². The first-order valence-electron chi connectivity index (χ1n) is 6.85. The van der Waals surface area contributed by atoms with Crippen LogP contribution in [-0.4, -0.2) is 27.0 Å². The molecule has 2 atom stereocenters. The molecule has 4 nitrogen and oxygen atoms in total. The van der Waals surface area contributed by atoms with Gasteiger partial charge < -0.3 is 5.32 Å². The Labute approximate surface area is 144 Å². The zero-order valence-electron chi connectivity index (χ0n) is 12.3. The first kappa shape index (κ1) is 17.2. The highest BCUT2D eigenvalue weighted by Gasteiger charge is 2.18. The number of rotatable bonds is 6. The molecule has 0 aliphatic heterocycles. The number of nitrogens with one attached hydrogen (secondary N) is 1. The van der Waals surface area contributed by atoms with Crippen LogP contribution in [0.5, 0.6) is 0 Å². The molecule has 2 unspecified atom stereocenters. The predicted molar refractivity (Wildman–Crippen MR) is 91.6 cm³/mol. The molecule has 118 valence electrons. The minimum atomic E-state index is -0.268. The summed E-state index contributed by atoms with van der Waals surface area (Å²) in [5.41, 5.74) is 0. The normalized spacial score (nSPS) is 13.6. The molecule has 1 aromatic heterocycles. The molecule has 1 heterocycles. The van der Waals surface area contributed by atoms with Crippen molar-refractivity contribution in [1.29, 1.82) is 0 Å². The number of aromatic nitrogens is 2. The van der Waals surface area contributed by atoms with E-state index >= 15 is 0 Å². The minimum absolute atomic E-state index is 0.00900. The lowest BCUT2D eigenvalue weighted by Gasteiger charge is -2.18. The Morgan fingerprint density at radius 2 is 2.18 bits per heavy atom. The molecule has 0 radical (unpaired) electrons. The van der Waals surface area contributed by atoms with E-state index in [1.807, 2.05) is 26.1 Å². The van der Waals surface area contributed by atoms with E-state index in [1.54, 1.807) is 29.1 Å². The van der Waals surface area contributed by atoms with Gasteiger partial charge in [-0.1, -0.05) is 23.2 Å². The smallest absolute Gasteiger partial charge is 0.233 e. The summed E-state index contributed by atoms with van der Waals surface area (Å²) in [7, 11) is 0. The summed E-state index contributed by atoms with van der Waals surface area (Å²) in [6.45, 7) is 4.43. The van der Waals surface area contributed by atoms with Crippen molar-refractivity contribution < 1.29 is 4.79 Å². The van der Waals surface area contributed by atoms with Gasteiger partial charge in [0, 0.05) is 28.4 Å². The lowest BCUT2D eigenvalue weighted by atomic mass is 10.3. The maximum Gasteiger partial charge on any atom is 0.233 e. The number of halogens is 2. The molecule has 0 fully saturated rings. The minimum Gasteiger partial charge on any atom is -0.351 e. The number of nitrogens with zero attached hydrogens (tertiary/aromatic N) is 2. The van der Waals surface area contributed by atoms with Gasteiger partial charge in [0.15, 0.2) is 0 Å². The monoisotopic (exact) mass is 357 g/mol. The Kier molecular flexibility index (Phi) is 6.17. The number of carbonyl (C=O) groups is 1. The summed E-state index contributed by atoms with van der Waals surface area (Å²) in [4.78, 5) is 13.0. The van der Waals surface area contributed by atoms with Crippen LogP contribution in [0.15, 0.2) is 41.6 Å². The average Bonchev–Trinajstić information content (AvgIpc) is 2.95. The first-order valence-corrected chi connectivity index (χ1v) is 8.49. The van der Waals surface area contributed by atoms with E-state index in [0.29, 0.717) is 16.6 Å². The van der Waals surface area contributed by atoms with Crippen molar-refractivity contribution in [2.24, 2.45) is 0 Å². The molecular formula is C15H17Cl2N3OS. The quantitative estimate of drug-likeness (QED) is 0.798. The van der Waals surface area contributed by atoms with Gasteiger partial charge in [-0.3, -0.25) is 9.48 Å².